The standard InChI is InChI=1S/C24H24F2N8O2/c1-32-20(15-18(30-32)16-7-3-2-4-8-16)36-24(29-23(27)33-11-13-35-14-12-33)31-34-19-10-6-5-9-17(19)28-22(34)21(25)26/h2-10,15,21H,11-14H2,1H3,(H2,27,29,31). The number of hydrogen-bond acceptors (Lipinski definition) is 5. The van der Waals surface area contributed by atoms with Gasteiger partial charge < -0.3 is 20.1 Å². The second-order valence-corrected chi connectivity index (χ2v) is 7.98. The third-order valence-electron chi connectivity index (χ3n) is 5.59. The summed E-state index contributed by atoms with van der Waals surface area (Å²) in [4.78, 5) is 10.2. The lowest BCUT2D eigenvalue weighted by molar-refractivity contribution is 0.0675. The molecule has 0 aliphatic carbocycles. The molecular formula is C24H24F2N8O2. The molecule has 186 valence electrons. The fourth-order valence-corrected chi connectivity index (χ4v) is 3.78. The second-order valence-electron chi connectivity index (χ2n) is 7.98. The molecule has 0 bridgehead atoms. The number of rotatable bonds is 4. The van der Waals surface area contributed by atoms with E-state index in [1.165, 1.54) is 4.68 Å². The Morgan fingerprint density at radius 2 is 1.81 bits per heavy atom. The minimum Gasteiger partial charge on any atom is -0.404 e. The summed E-state index contributed by atoms with van der Waals surface area (Å²) in [6.45, 7) is 2.05. The summed E-state index contributed by atoms with van der Waals surface area (Å²) in [5.41, 5.74) is 8.54. The Labute approximate surface area is 205 Å². The van der Waals surface area contributed by atoms with E-state index in [0.717, 1.165) is 10.2 Å². The molecule has 0 spiro atoms. The summed E-state index contributed by atoms with van der Waals surface area (Å²) < 4.78 is 41.6. The molecule has 2 aromatic heterocycles. The Morgan fingerprint density at radius 1 is 1.08 bits per heavy atom. The number of fused-ring (bicyclic) bond motifs is 1. The van der Waals surface area contributed by atoms with E-state index in [4.69, 9.17) is 15.2 Å². The first-order valence-electron chi connectivity index (χ1n) is 11.3. The van der Waals surface area contributed by atoms with Crippen LogP contribution in [-0.4, -0.2) is 62.6 Å². The summed E-state index contributed by atoms with van der Waals surface area (Å²) in [7, 11) is 1.70. The fraction of sp³-hybridized carbons (Fsp3) is 0.250. The summed E-state index contributed by atoms with van der Waals surface area (Å²) in [5.74, 6) is -0.105. The first-order valence-corrected chi connectivity index (χ1v) is 11.3. The van der Waals surface area contributed by atoms with E-state index < -0.39 is 12.2 Å². The van der Waals surface area contributed by atoms with E-state index in [0.29, 0.717) is 48.9 Å². The fourth-order valence-electron chi connectivity index (χ4n) is 3.78. The monoisotopic (exact) mass is 494 g/mol. The Morgan fingerprint density at radius 3 is 2.56 bits per heavy atom. The molecule has 0 radical (unpaired) electrons. The van der Waals surface area contributed by atoms with Gasteiger partial charge in [0.05, 0.1) is 29.9 Å². The third kappa shape index (κ3) is 4.89. The normalized spacial score (nSPS) is 15.2. The maximum atomic E-state index is 13.9. The maximum Gasteiger partial charge on any atom is 0.344 e. The number of aromatic nitrogens is 4. The lowest BCUT2D eigenvalue weighted by Crippen LogP contribution is -2.45. The molecule has 36 heavy (non-hydrogen) atoms. The number of morpholine rings is 1. The van der Waals surface area contributed by atoms with Gasteiger partial charge in [-0.3, -0.25) is 0 Å². The Balaban J connectivity index is 1.58. The number of ether oxygens (including phenoxy) is 2. The van der Waals surface area contributed by atoms with Crippen LogP contribution in [0.3, 0.4) is 0 Å². The van der Waals surface area contributed by atoms with Gasteiger partial charge in [0.2, 0.25) is 11.8 Å². The number of nitrogens with two attached hydrogens (primary N) is 1. The topological polar surface area (TPSA) is 108 Å². The highest BCUT2D eigenvalue weighted by atomic mass is 19.3. The zero-order chi connectivity index (χ0) is 25.1. The average molecular weight is 495 g/mol. The van der Waals surface area contributed by atoms with Crippen molar-refractivity contribution in [1.29, 1.82) is 0 Å². The van der Waals surface area contributed by atoms with Crippen LogP contribution in [0, 0.1) is 0 Å². The van der Waals surface area contributed by atoms with Gasteiger partial charge in [0.25, 0.3) is 6.43 Å². The number of guanidine groups is 1. The summed E-state index contributed by atoms with van der Waals surface area (Å²) in [5, 5.41) is 8.81. The number of nitrogens with zero attached hydrogens (tertiary/aromatic N) is 7. The molecule has 2 aromatic carbocycles. The van der Waals surface area contributed by atoms with E-state index in [2.05, 4.69) is 20.2 Å². The molecule has 12 heteroatoms. The van der Waals surface area contributed by atoms with E-state index in [-0.39, 0.29) is 12.0 Å². The van der Waals surface area contributed by atoms with E-state index in [1.54, 1.807) is 42.3 Å². The molecule has 1 saturated heterocycles. The summed E-state index contributed by atoms with van der Waals surface area (Å²) in [6.07, 6.45) is -2.87. The van der Waals surface area contributed by atoms with Crippen molar-refractivity contribution in [3.05, 3.63) is 66.5 Å². The molecule has 10 nitrogen and oxygen atoms in total. The van der Waals surface area contributed by atoms with Gasteiger partial charge in [0, 0.05) is 31.8 Å². The van der Waals surface area contributed by atoms with E-state index >= 15 is 0 Å². The number of aliphatic imine (C=N–C) groups is 1. The molecule has 2 N–H and O–H groups in total. The highest BCUT2D eigenvalue weighted by molar-refractivity contribution is 5.92. The lowest BCUT2D eigenvalue weighted by atomic mass is 10.2. The van der Waals surface area contributed by atoms with Crippen molar-refractivity contribution in [3.8, 4) is 17.1 Å². The van der Waals surface area contributed by atoms with Crippen LogP contribution in [-0.2, 0) is 11.8 Å². The molecule has 0 unspecified atom stereocenters. The highest BCUT2D eigenvalue weighted by Crippen LogP contribution is 2.25. The predicted molar refractivity (Wildman–Crippen MR) is 131 cm³/mol. The molecule has 0 saturated carbocycles. The van der Waals surface area contributed by atoms with Crippen molar-refractivity contribution >= 4 is 23.0 Å². The number of para-hydroxylation sites is 2. The first kappa shape index (κ1) is 23.4. The van der Waals surface area contributed by atoms with Crippen LogP contribution in [0.15, 0.2) is 70.8 Å². The quantitative estimate of drug-likeness (QED) is 0.345. The van der Waals surface area contributed by atoms with Crippen LogP contribution in [0.4, 0.5) is 8.78 Å². The van der Waals surface area contributed by atoms with Crippen molar-refractivity contribution in [2.24, 2.45) is 22.9 Å². The van der Waals surface area contributed by atoms with Crippen LogP contribution in [0.1, 0.15) is 12.2 Å². The Kier molecular flexibility index (Phi) is 6.58. The molecule has 1 aliphatic heterocycles. The number of hydrogen-bond donors (Lipinski definition) is 1. The first-order chi connectivity index (χ1) is 17.5. The SMILES string of the molecule is Cn1nc(-c2ccccc2)cc1OC(=Nn1c(C(F)F)nc2ccccc21)N=C(N)N1CCOCC1. The zero-order valence-corrected chi connectivity index (χ0v) is 19.5. The lowest BCUT2D eigenvalue weighted by Gasteiger charge is -2.27. The largest absolute Gasteiger partial charge is 0.404 e. The van der Waals surface area contributed by atoms with E-state index in [1.807, 2.05) is 30.3 Å². The van der Waals surface area contributed by atoms with Crippen LogP contribution in [0.2, 0.25) is 0 Å². The maximum absolute atomic E-state index is 13.9. The van der Waals surface area contributed by atoms with Gasteiger partial charge in [-0.1, -0.05) is 42.5 Å². The second kappa shape index (κ2) is 10.1. The number of amidine groups is 1. The molecule has 3 heterocycles. The average Bonchev–Trinajstić information content (AvgIpc) is 3.45. The molecule has 0 atom stereocenters. The molecule has 0 amide bonds. The van der Waals surface area contributed by atoms with Crippen LogP contribution in [0.5, 0.6) is 5.88 Å². The van der Waals surface area contributed by atoms with Crippen LogP contribution >= 0.6 is 0 Å². The number of alkyl halides is 2. The molecule has 1 fully saturated rings. The number of imidazole rings is 1. The van der Waals surface area contributed by atoms with Crippen molar-refractivity contribution in [2.75, 3.05) is 26.3 Å². The Hall–Kier alpha value is -4.32. The molecule has 1 aliphatic rings. The van der Waals surface area contributed by atoms with Crippen molar-refractivity contribution < 1.29 is 18.3 Å². The smallest absolute Gasteiger partial charge is 0.344 e. The minimum atomic E-state index is -2.87. The Bertz CT molecular complexity index is 1410. The molecule has 5 rings (SSSR count). The molecule has 4 aromatic rings. The summed E-state index contributed by atoms with van der Waals surface area (Å²) in [6, 6.07) is 17.7. The van der Waals surface area contributed by atoms with Crippen molar-refractivity contribution in [1.82, 2.24) is 24.3 Å². The van der Waals surface area contributed by atoms with Crippen molar-refractivity contribution in [2.45, 2.75) is 6.43 Å². The highest BCUT2D eigenvalue weighted by Gasteiger charge is 2.21. The van der Waals surface area contributed by atoms with Gasteiger partial charge in [-0.2, -0.15) is 10.1 Å². The minimum absolute atomic E-state index is 0.130. The van der Waals surface area contributed by atoms with Gasteiger partial charge in [-0.25, -0.2) is 23.1 Å². The third-order valence-corrected chi connectivity index (χ3v) is 5.59. The van der Waals surface area contributed by atoms with Gasteiger partial charge in [0.1, 0.15) is 0 Å². The van der Waals surface area contributed by atoms with Gasteiger partial charge in [0.15, 0.2) is 5.82 Å². The number of halogens is 2. The summed E-state index contributed by atoms with van der Waals surface area (Å²) >= 11 is 0. The predicted octanol–water partition coefficient (Wildman–Crippen LogP) is 3.22. The van der Waals surface area contributed by atoms with Gasteiger partial charge in [-0.05, 0) is 12.1 Å². The zero-order valence-electron chi connectivity index (χ0n) is 19.5. The molecular weight excluding hydrogens is 470 g/mol. The van der Waals surface area contributed by atoms with Gasteiger partial charge in [-0.15, -0.1) is 5.10 Å². The van der Waals surface area contributed by atoms with Crippen LogP contribution in [0.25, 0.3) is 22.3 Å². The van der Waals surface area contributed by atoms with Crippen molar-refractivity contribution in [3.63, 3.8) is 0 Å². The number of aryl methyl sites for hydroxylation is 1. The number of benzene rings is 2. The van der Waals surface area contributed by atoms with Crippen LogP contribution < -0.4 is 10.5 Å². The van der Waals surface area contributed by atoms with Gasteiger partial charge >= 0.3 is 6.02 Å². The van der Waals surface area contributed by atoms with E-state index in [9.17, 15) is 8.78 Å².